The van der Waals surface area contributed by atoms with Crippen LogP contribution in [0.25, 0.3) is 0 Å². The van der Waals surface area contributed by atoms with Crippen LogP contribution >= 0.6 is 0 Å². The molecule has 0 fully saturated rings. The van der Waals surface area contributed by atoms with Gasteiger partial charge in [-0.3, -0.25) is 0 Å². The molecule has 2 N–H and O–H groups in total. The first kappa shape index (κ1) is 12.7. The van der Waals surface area contributed by atoms with Gasteiger partial charge in [-0.15, -0.1) is 0 Å². The Hall–Kier alpha value is -2.36. The molecule has 1 aromatic heterocycles. The van der Waals surface area contributed by atoms with E-state index in [-0.39, 0.29) is 11.4 Å². The SMILES string of the molecule is CC(N)(C#N)CCCn1cnc(C#N)c1C#N. The van der Waals surface area contributed by atoms with Gasteiger partial charge in [0.2, 0.25) is 0 Å². The zero-order valence-electron chi connectivity index (χ0n) is 9.51. The van der Waals surface area contributed by atoms with E-state index < -0.39 is 5.54 Å². The summed E-state index contributed by atoms with van der Waals surface area (Å²) in [6.45, 7) is 2.18. The second-order valence-electron chi connectivity index (χ2n) is 3.99. The normalized spacial score (nSPS) is 13.1. The van der Waals surface area contributed by atoms with E-state index in [9.17, 15) is 0 Å². The lowest BCUT2D eigenvalue weighted by atomic mass is 9.99. The van der Waals surface area contributed by atoms with Gasteiger partial charge in [0, 0.05) is 6.54 Å². The molecular weight excluding hydrogens is 216 g/mol. The van der Waals surface area contributed by atoms with Gasteiger partial charge < -0.3 is 10.3 Å². The lowest BCUT2D eigenvalue weighted by Crippen LogP contribution is -2.34. The van der Waals surface area contributed by atoms with E-state index in [1.165, 1.54) is 6.33 Å². The predicted molar refractivity (Wildman–Crippen MR) is 59.1 cm³/mol. The molecule has 86 valence electrons. The number of nitrogens with two attached hydrogens (primary N) is 1. The fourth-order valence-corrected chi connectivity index (χ4v) is 1.42. The Morgan fingerprint density at radius 2 is 2.12 bits per heavy atom. The molecule has 1 aromatic rings. The van der Waals surface area contributed by atoms with Crippen molar-refractivity contribution in [2.75, 3.05) is 0 Å². The maximum absolute atomic E-state index is 8.89. The zero-order valence-corrected chi connectivity index (χ0v) is 9.51. The molecule has 1 unspecified atom stereocenters. The minimum atomic E-state index is -0.856. The largest absolute Gasteiger partial charge is 0.321 e. The second-order valence-corrected chi connectivity index (χ2v) is 3.99. The lowest BCUT2D eigenvalue weighted by Gasteiger charge is -2.14. The van der Waals surface area contributed by atoms with E-state index in [1.807, 2.05) is 18.2 Å². The lowest BCUT2D eigenvalue weighted by molar-refractivity contribution is 0.487. The quantitative estimate of drug-likeness (QED) is 0.812. The summed E-state index contributed by atoms with van der Waals surface area (Å²) in [7, 11) is 0. The third-order valence-corrected chi connectivity index (χ3v) is 2.40. The van der Waals surface area contributed by atoms with Gasteiger partial charge in [-0.1, -0.05) is 0 Å². The standard InChI is InChI=1S/C11H12N6/c1-11(15,7-14)3-2-4-17-8-16-9(5-12)10(17)6-13/h8H,2-4,15H2,1H3. The van der Waals surface area contributed by atoms with E-state index in [0.29, 0.717) is 19.4 Å². The molecule has 0 radical (unpaired) electrons. The van der Waals surface area contributed by atoms with Crippen LogP contribution in [0.1, 0.15) is 31.2 Å². The van der Waals surface area contributed by atoms with Gasteiger partial charge in [0.15, 0.2) is 11.4 Å². The molecule has 0 aliphatic carbocycles. The van der Waals surface area contributed by atoms with Crippen molar-refractivity contribution < 1.29 is 0 Å². The van der Waals surface area contributed by atoms with Crippen LogP contribution in [0.2, 0.25) is 0 Å². The molecule has 6 heteroatoms. The number of imidazole rings is 1. The smallest absolute Gasteiger partial charge is 0.176 e. The molecule has 0 bridgehead atoms. The first-order chi connectivity index (χ1) is 8.04. The number of rotatable bonds is 4. The molecule has 0 saturated heterocycles. The Balaban J connectivity index is 2.67. The van der Waals surface area contributed by atoms with Crippen LogP contribution in [-0.4, -0.2) is 15.1 Å². The van der Waals surface area contributed by atoms with E-state index in [1.54, 1.807) is 11.5 Å². The van der Waals surface area contributed by atoms with Gasteiger partial charge in [0.05, 0.1) is 12.4 Å². The molecule has 6 nitrogen and oxygen atoms in total. The van der Waals surface area contributed by atoms with Crippen molar-refractivity contribution in [1.29, 1.82) is 15.8 Å². The predicted octanol–water partition coefficient (Wildman–Crippen LogP) is 0.648. The number of hydrogen-bond donors (Lipinski definition) is 1. The molecule has 0 amide bonds. The summed E-state index contributed by atoms with van der Waals surface area (Å²) in [5.74, 6) is 0. The van der Waals surface area contributed by atoms with E-state index in [0.717, 1.165) is 0 Å². The van der Waals surface area contributed by atoms with Gasteiger partial charge in [-0.25, -0.2) is 4.98 Å². The number of hydrogen-bond acceptors (Lipinski definition) is 5. The average Bonchev–Trinajstić information content (AvgIpc) is 2.71. The number of nitriles is 3. The van der Waals surface area contributed by atoms with Crippen molar-refractivity contribution in [3.8, 4) is 18.2 Å². The van der Waals surface area contributed by atoms with Crippen molar-refractivity contribution >= 4 is 0 Å². The summed E-state index contributed by atoms with van der Waals surface area (Å²) in [6.07, 6.45) is 2.63. The Labute approximate surface area is 99.5 Å². The molecule has 0 saturated carbocycles. The summed E-state index contributed by atoms with van der Waals surface area (Å²) in [6, 6.07) is 5.80. The van der Waals surface area contributed by atoms with Crippen molar-refractivity contribution in [2.24, 2.45) is 5.73 Å². The number of aromatic nitrogens is 2. The van der Waals surface area contributed by atoms with Gasteiger partial charge in [0.25, 0.3) is 0 Å². The van der Waals surface area contributed by atoms with Crippen molar-refractivity contribution in [1.82, 2.24) is 9.55 Å². The fraction of sp³-hybridized carbons (Fsp3) is 0.455. The van der Waals surface area contributed by atoms with Gasteiger partial charge >= 0.3 is 0 Å². The highest BCUT2D eigenvalue weighted by Crippen LogP contribution is 2.11. The molecule has 0 aliphatic rings. The van der Waals surface area contributed by atoms with Gasteiger partial charge in [0.1, 0.15) is 17.7 Å². The molecule has 17 heavy (non-hydrogen) atoms. The highest BCUT2D eigenvalue weighted by molar-refractivity contribution is 5.35. The van der Waals surface area contributed by atoms with E-state index in [4.69, 9.17) is 21.5 Å². The summed E-state index contributed by atoms with van der Waals surface area (Å²) in [5.41, 5.74) is 5.20. The Bertz CT molecular complexity index is 520. The van der Waals surface area contributed by atoms with E-state index in [2.05, 4.69) is 4.98 Å². The molecule has 1 atom stereocenters. The van der Waals surface area contributed by atoms with Gasteiger partial charge in [-0.2, -0.15) is 15.8 Å². The topological polar surface area (TPSA) is 115 Å². The zero-order chi connectivity index (χ0) is 12.9. The maximum Gasteiger partial charge on any atom is 0.176 e. The number of nitrogens with zero attached hydrogens (tertiary/aromatic N) is 5. The van der Waals surface area contributed by atoms with Crippen LogP contribution in [-0.2, 0) is 6.54 Å². The first-order valence-electron chi connectivity index (χ1n) is 5.09. The monoisotopic (exact) mass is 228 g/mol. The first-order valence-corrected chi connectivity index (χ1v) is 5.09. The average molecular weight is 228 g/mol. The Morgan fingerprint density at radius 3 is 2.65 bits per heavy atom. The van der Waals surface area contributed by atoms with Crippen LogP contribution in [0.15, 0.2) is 6.33 Å². The van der Waals surface area contributed by atoms with Crippen molar-refractivity contribution in [2.45, 2.75) is 31.8 Å². The summed E-state index contributed by atoms with van der Waals surface area (Å²) in [5, 5.41) is 26.3. The fourth-order valence-electron chi connectivity index (χ4n) is 1.42. The van der Waals surface area contributed by atoms with Gasteiger partial charge in [-0.05, 0) is 19.8 Å². The van der Waals surface area contributed by atoms with Crippen LogP contribution in [0.4, 0.5) is 0 Å². The van der Waals surface area contributed by atoms with E-state index >= 15 is 0 Å². The molecule has 0 spiro atoms. The summed E-state index contributed by atoms with van der Waals surface area (Å²) in [4.78, 5) is 3.82. The molecule has 0 aliphatic heterocycles. The van der Waals surface area contributed by atoms with Crippen molar-refractivity contribution in [3.05, 3.63) is 17.7 Å². The molecular formula is C11H12N6. The summed E-state index contributed by atoms with van der Waals surface area (Å²) >= 11 is 0. The van der Waals surface area contributed by atoms with Crippen LogP contribution < -0.4 is 5.73 Å². The van der Waals surface area contributed by atoms with Crippen LogP contribution in [0.3, 0.4) is 0 Å². The third-order valence-electron chi connectivity index (χ3n) is 2.40. The number of aryl methyl sites for hydroxylation is 1. The maximum atomic E-state index is 8.89. The molecule has 0 aromatic carbocycles. The van der Waals surface area contributed by atoms with Crippen molar-refractivity contribution in [3.63, 3.8) is 0 Å². The molecule has 1 rings (SSSR count). The minimum Gasteiger partial charge on any atom is -0.321 e. The Kier molecular flexibility index (Phi) is 3.82. The van der Waals surface area contributed by atoms with Crippen LogP contribution in [0, 0.1) is 34.0 Å². The van der Waals surface area contributed by atoms with Crippen LogP contribution in [0.5, 0.6) is 0 Å². The second kappa shape index (κ2) is 5.12. The minimum absolute atomic E-state index is 0.128. The highest BCUT2D eigenvalue weighted by atomic mass is 15.1. The molecule has 1 heterocycles. The Morgan fingerprint density at radius 1 is 1.41 bits per heavy atom. The third kappa shape index (κ3) is 3.04. The highest BCUT2D eigenvalue weighted by Gasteiger charge is 2.17. The summed E-state index contributed by atoms with van der Waals surface area (Å²) < 4.78 is 1.60.